The van der Waals surface area contributed by atoms with E-state index in [1.165, 1.54) is 0 Å². The molecule has 2 rings (SSSR count). The van der Waals surface area contributed by atoms with Crippen LogP contribution in [0.3, 0.4) is 0 Å². The topological polar surface area (TPSA) is 56.3 Å². The van der Waals surface area contributed by atoms with Crippen LogP contribution in [0.4, 0.5) is 0 Å². The average molecular weight is 287 g/mol. The highest BCUT2D eigenvalue weighted by Crippen LogP contribution is 2.30. The molecule has 1 heterocycles. The second kappa shape index (κ2) is 7.04. The Balaban J connectivity index is 2.18. The van der Waals surface area contributed by atoms with Crippen LogP contribution in [0.25, 0.3) is 0 Å². The number of ether oxygens (including phenoxy) is 2. The van der Waals surface area contributed by atoms with Gasteiger partial charge in [-0.15, -0.1) is 0 Å². The molecule has 1 N–H and O–H groups in total. The van der Waals surface area contributed by atoms with Crippen molar-refractivity contribution in [2.24, 2.45) is 0 Å². The van der Waals surface area contributed by atoms with Crippen LogP contribution in [0.2, 0.25) is 0 Å². The molecule has 0 bridgehead atoms. The SMILES string of the molecule is CCNCc1cnc(Oc2ccc(C)cc2OC)nc1C. The van der Waals surface area contributed by atoms with E-state index in [9.17, 15) is 0 Å². The van der Waals surface area contributed by atoms with Crippen molar-refractivity contribution < 1.29 is 9.47 Å². The molecule has 112 valence electrons. The van der Waals surface area contributed by atoms with Crippen molar-refractivity contribution in [2.75, 3.05) is 13.7 Å². The normalized spacial score (nSPS) is 10.5. The van der Waals surface area contributed by atoms with Gasteiger partial charge in [0.25, 0.3) is 0 Å². The predicted molar refractivity (Wildman–Crippen MR) is 82.0 cm³/mol. The van der Waals surface area contributed by atoms with Gasteiger partial charge in [-0.3, -0.25) is 0 Å². The van der Waals surface area contributed by atoms with Gasteiger partial charge in [0.05, 0.1) is 7.11 Å². The van der Waals surface area contributed by atoms with Gasteiger partial charge < -0.3 is 14.8 Å². The maximum atomic E-state index is 5.73. The largest absolute Gasteiger partial charge is 0.493 e. The van der Waals surface area contributed by atoms with Gasteiger partial charge in [0, 0.05) is 24.0 Å². The highest BCUT2D eigenvalue weighted by molar-refractivity contribution is 5.43. The molecule has 0 aliphatic rings. The summed E-state index contributed by atoms with van der Waals surface area (Å²) in [7, 11) is 1.62. The van der Waals surface area contributed by atoms with Gasteiger partial charge in [0.2, 0.25) is 0 Å². The first kappa shape index (κ1) is 15.3. The number of rotatable bonds is 6. The highest BCUT2D eigenvalue weighted by atomic mass is 16.5. The molecule has 0 aliphatic heterocycles. The van der Waals surface area contributed by atoms with E-state index < -0.39 is 0 Å². The number of methoxy groups -OCH3 is 1. The monoisotopic (exact) mass is 287 g/mol. The van der Waals surface area contributed by atoms with Crippen LogP contribution in [0.5, 0.6) is 17.5 Å². The van der Waals surface area contributed by atoms with E-state index in [0.29, 0.717) is 17.5 Å². The molecule has 0 saturated carbocycles. The summed E-state index contributed by atoms with van der Waals surface area (Å²) in [6, 6.07) is 6.07. The smallest absolute Gasteiger partial charge is 0.322 e. The van der Waals surface area contributed by atoms with E-state index in [2.05, 4.69) is 22.2 Å². The van der Waals surface area contributed by atoms with Crippen molar-refractivity contribution in [3.8, 4) is 17.5 Å². The zero-order valence-electron chi connectivity index (χ0n) is 12.9. The van der Waals surface area contributed by atoms with Gasteiger partial charge in [-0.2, -0.15) is 4.98 Å². The fourth-order valence-electron chi connectivity index (χ4n) is 1.91. The Labute approximate surface area is 125 Å². The summed E-state index contributed by atoms with van der Waals surface area (Å²) >= 11 is 0. The maximum absolute atomic E-state index is 5.73. The highest BCUT2D eigenvalue weighted by Gasteiger charge is 2.09. The molecular weight excluding hydrogens is 266 g/mol. The van der Waals surface area contributed by atoms with Crippen molar-refractivity contribution in [3.05, 3.63) is 41.2 Å². The summed E-state index contributed by atoms with van der Waals surface area (Å²) in [4.78, 5) is 8.65. The minimum Gasteiger partial charge on any atom is -0.493 e. The molecule has 0 atom stereocenters. The van der Waals surface area contributed by atoms with E-state index in [-0.39, 0.29) is 0 Å². The number of nitrogens with one attached hydrogen (secondary N) is 1. The van der Waals surface area contributed by atoms with Crippen LogP contribution in [0, 0.1) is 13.8 Å². The number of hydrogen-bond donors (Lipinski definition) is 1. The number of aryl methyl sites for hydroxylation is 2. The lowest BCUT2D eigenvalue weighted by molar-refractivity contribution is 0.367. The van der Waals surface area contributed by atoms with Crippen molar-refractivity contribution in [1.82, 2.24) is 15.3 Å². The van der Waals surface area contributed by atoms with Crippen LogP contribution >= 0.6 is 0 Å². The maximum Gasteiger partial charge on any atom is 0.322 e. The van der Waals surface area contributed by atoms with Crippen LogP contribution in [-0.4, -0.2) is 23.6 Å². The Bertz CT molecular complexity index is 614. The lowest BCUT2D eigenvalue weighted by Crippen LogP contribution is -2.13. The van der Waals surface area contributed by atoms with E-state index in [4.69, 9.17) is 9.47 Å². The Morgan fingerprint density at radius 3 is 2.67 bits per heavy atom. The summed E-state index contributed by atoms with van der Waals surface area (Å²) in [5, 5.41) is 3.26. The zero-order valence-corrected chi connectivity index (χ0v) is 12.9. The molecule has 0 fully saturated rings. The Morgan fingerprint density at radius 2 is 2.00 bits per heavy atom. The number of hydrogen-bond acceptors (Lipinski definition) is 5. The molecule has 1 aromatic carbocycles. The Kier molecular flexibility index (Phi) is 5.11. The molecular formula is C16H21N3O2. The third-order valence-corrected chi connectivity index (χ3v) is 3.14. The first-order valence-electron chi connectivity index (χ1n) is 6.99. The summed E-state index contributed by atoms with van der Waals surface area (Å²) in [6.45, 7) is 7.70. The Hall–Kier alpha value is -2.14. The lowest BCUT2D eigenvalue weighted by atomic mass is 10.2. The zero-order chi connectivity index (χ0) is 15.2. The van der Waals surface area contributed by atoms with Crippen LogP contribution in [0.15, 0.2) is 24.4 Å². The van der Waals surface area contributed by atoms with E-state index in [1.54, 1.807) is 13.3 Å². The summed E-state index contributed by atoms with van der Waals surface area (Å²) < 4.78 is 11.0. The molecule has 21 heavy (non-hydrogen) atoms. The van der Waals surface area contributed by atoms with Gasteiger partial charge in [-0.1, -0.05) is 13.0 Å². The predicted octanol–water partition coefficient (Wildman–Crippen LogP) is 3.00. The molecule has 5 heteroatoms. The number of nitrogens with zero attached hydrogens (tertiary/aromatic N) is 2. The molecule has 2 aromatic rings. The van der Waals surface area contributed by atoms with E-state index in [0.717, 1.165) is 29.9 Å². The fraction of sp³-hybridized carbons (Fsp3) is 0.375. The van der Waals surface area contributed by atoms with Gasteiger partial charge in [0.1, 0.15) is 0 Å². The third kappa shape index (κ3) is 3.92. The van der Waals surface area contributed by atoms with Gasteiger partial charge in [0.15, 0.2) is 11.5 Å². The van der Waals surface area contributed by atoms with Crippen LogP contribution in [0.1, 0.15) is 23.7 Å². The standard InChI is InChI=1S/C16H21N3O2/c1-5-17-9-13-10-18-16(19-12(13)3)21-14-7-6-11(2)8-15(14)20-4/h6-8,10,17H,5,9H2,1-4H3. The summed E-state index contributed by atoms with van der Waals surface area (Å²) in [6.07, 6.45) is 1.79. The minimum absolute atomic E-state index is 0.329. The van der Waals surface area contributed by atoms with Gasteiger partial charge in [-0.05, 0) is 38.1 Å². The summed E-state index contributed by atoms with van der Waals surface area (Å²) in [5.41, 5.74) is 3.09. The average Bonchev–Trinajstić information content (AvgIpc) is 2.48. The molecule has 0 saturated heterocycles. The molecule has 0 aliphatic carbocycles. The van der Waals surface area contributed by atoms with Gasteiger partial charge in [-0.25, -0.2) is 4.98 Å². The van der Waals surface area contributed by atoms with Crippen LogP contribution in [-0.2, 0) is 6.54 Å². The van der Waals surface area contributed by atoms with Gasteiger partial charge >= 0.3 is 6.01 Å². The molecule has 5 nitrogen and oxygen atoms in total. The number of benzene rings is 1. The second-order valence-corrected chi connectivity index (χ2v) is 4.80. The minimum atomic E-state index is 0.329. The van der Waals surface area contributed by atoms with Crippen LogP contribution < -0.4 is 14.8 Å². The van der Waals surface area contributed by atoms with E-state index in [1.807, 2.05) is 32.0 Å². The van der Waals surface area contributed by atoms with E-state index >= 15 is 0 Å². The van der Waals surface area contributed by atoms with Crippen molar-refractivity contribution in [1.29, 1.82) is 0 Å². The van der Waals surface area contributed by atoms with Crippen molar-refractivity contribution >= 4 is 0 Å². The molecule has 0 unspecified atom stereocenters. The first-order chi connectivity index (χ1) is 10.1. The van der Waals surface area contributed by atoms with Crippen molar-refractivity contribution in [3.63, 3.8) is 0 Å². The first-order valence-corrected chi connectivity index (χ1v) is 6.99. The fourth-order valence-corrected chi connectivity index (χ4v) is 1.91. The second-order valence-electron chi connectivity index (χ2n) is 4.80. The quantitative estimate of drug-likeness (QED) is 0.885. The lowest BCUT2D eigenvalue weighted by Gasteiger charge is -2.11. The Morgan fingerprint density at radius 1 is 1.19 bits per heavy atom. The molecule has 1 aromatic heterocycles. The number of aromatic nitrogens is 2. The molecule has 0 radical (unpaired) electrons. The molecule has 0 spiro atoms. The van der Waals surface area contributed by atoms with Crippen molar-refractivity contribution in [2.45, 2.75) is 27.3 Å². The molecule has 0 amide bonds. The summed E-state index contributed by atoms with van der Waals surface area (Å²) in [5.74, 6) is 1.29. The third-order valence-electron chi connectivity index (χ3n) is 3.14.